The number of rotatable bonds is 8. The molecule has 0 aliphatic rings. The van der Waals surface area contributed by atoms with Crippen molar-refractivity contribution < 1.29 is 9.47 Å². The van der Waals surface area contributed by atoms with Crippen molar-refractivity contribution in [3.8, 4) is 11.5 Å². The number of hydrogen-bond acceptors (Lipinski definition) is 3. The number of benzene rings is 4. The second-order valence-electron chi connectivity index (χ2n) is 7.52. The minimum atomic E-state index is 0.509. The van der Waals surface area contributed by atoms with Gasteiger partial charge in [0.05, 0.1) is 0 Å². The highest BCUT2D eigenvalue weighted by Crippen LogP contribution is 2.30. The lowest BCUT2D eigenvalue weighted by atomic mass is 10.1. The van der Waals surface area contributed by atoms with E-state index in [9.17, 15) is 0 Å². The van der Waals surface area contributed by atoms with Gasteiger partial charge in [-0.15, -0.1) is 0 Å². The largest absolute Gasteiger partial charge is 0.485 e. The zero-order chi connectivity index (χ0) is 22.4. The van der Waals surface area contributed by atoms with Crippen molar-refractivity contribution in [2.75, 3.05) is 6.54 Å². The van der Waals surface area contributed by atoms with Crippen LogP contribution in [0.5, 0.6) is 11.5 Å². The first-order chi connectivity index (χ1) is 15.7. The fourth-order valence-corrected chi connectivity index (χ4v) is 3.11. The fourth-order valence-electron chi connectivity index (χ4n) is 3.11. The van der Waals surface area contributed by atoms with Crippen LogP contribution < -0.4 is 15.2 Å². The van der Waals surface area contributed by atoms with Crippen molar-refractivity contribution in [3.63, 3.8) is 0 Å². The molecule has 0 heterocycles. The van der Waals surface area contributed by atoms with E-state index in [-0.39, 0.29) is 0 Å². The van der Waals surface area contributed by atoms with Crippen LogP contribution in [0.1, 0.15) is 22.3 Å². The lowest BCUT2D eigenvalue weighted by Gasteiger charge is -2.14. The molecule has 0 radical (unpaired) electrons. The molecule has 0 aromatic heterocycles. The van der Waals surface area contributed by atoms with Gasteiger partial charge in [-0.3, -0.25) is 0 Å². The summed E-state index contributed by atoms with van der Waals surface area (Å²) < 4.78 is 12.0. The molecule has 0 aliphatic heterocycles. The highest BCUT2D eigenvalue weighted by Gasteiger charge is 2.08. The molecule has 3 heteroatoms. The van der Waals surface area contributed by atoms with Gasteiger partial charge >= 0.3 is 0 Å². The van der Waals surface area contributed by atoms with Gasteiger partial charge in [-0.1, -0.05) is 103 Å². The van der Waals surface area contributed by atoms with E-state index in [1.807, 2.05) is 97.1 Å². The lowest BCUT2D eigenvalue weighted by Crippen LogP contribution is -2.04. The maximum Gasteiger partial charge on any atom is 0.161 e. The Morgan fingerprint density at radius 1 is 0.562 bits per heavy atom. The van der Waals surface area contributed by atoms with Crippen LogP contribution in [0.25, 0.3) is 0 Å². The summed E-state index contributed by atoms with van der Waals surface area (Å²) in [6.45, 7) is 3.72. The molecule has 0 bridgehead atoms. The van der Waals surface area contributed by atoms with E-state index < -0.39 is 0 Å². The van der Waals surface area contributed by atoms with Crippen LogP contribution >= 0.6 is 0 Å². The van der Waals surface area contributed by atoms with Crippen molar-refractivity contribution in [1.82, 2.24) is 0 Å². The van der Waals surface area contributed by atoms with Crippen LogP contribution in [0.4, 0.5) is 0 Å². The molecular formula is C29H31NO2. The van der Waals surface area contributed by atoms with Gasteiger partial charge in [0.1, 0.15) is 13.2 Å². The average molecular weight is 426 g/mol. The molecular weight excluding hydrogens is 394 g/mol. The molecule has 32 heavy (non-hydrogen) atoms. The van der Waals surface area contributed by atoms with Gasteiger partial charge in [0.15, 0.2) is 11.5 Å². The van der Waals surface area contributed by atoms with Crippen LogP contribution in [0.3, 0.4) is 0 Å². The molecule has 4 rings (SSSR count). The Morgan fingerprint density at radius 3 is 1.53 bits per heavy atom. The third-order valence-corrected chi connectivity index (χ3v) is 4.86. The third-order valence-electron chi connectivity index (χ3n) is 4.86. The molecule has 4 aromatic rings. The first kappa shape index (κ1) is 23.1. The molecule has 0 aliphatic carbocycles. The average Bonchev–Trinajstić information content (AvgIpc) is 2.84. The van der Waals surface area contributed by atoms with Crippen molar-refractivity contribution >= 4 is 0 Å². The molecule has 0 saturated heterocycles. The molecule has 0 unspecified atom stereocenters. The Morgan fingerprint density at radius 2 is 1.06 bits per heavy atom. The summed E-state index contributed by atoms with van der Waals surface area (Å²) in [5, 5.41) is 0. The Kier molecular flexibility index (Phi) is 9.38. The highest BCUT2D eigenvalue weighted by molar-refractivity contribution is 5.43. The third kappa shape index (κ3) is 7.93. The van der Waals surface area contributed by atoms with E-state index in [0.29, 0.717) is 19.8 Å². The summed E-state index contributed by atoms with van der Waals surface area (Å²) in [6.07, 6.45) is 0.820. The molecule has 164 valence electrons. The van der Waals surface area contributed by atoms with Gasteiger partial charge in [0.2, 0.25) is 0 Å². The topological polar surface area (TPSA) is 44.5 Å². The van der Waals surface area contributed by atoms with E-state index in [0.717, 1.165) is 34.6 Å². The van der Waals surface area contributed by atoms with Gasteiger partial charge in [0, 0.05) is 0 Å². The summed E-state index contributed by atoms with van der Waals surface area (Å²) in [6, 6.07) is 36.5. The molecule has 0 fully saturated rings. The van der Waals surface area contributed by atoms with Crippen LogP contribution in [-0.2, 0) is 19.6 Å². The predicted molar refractivity (Wildman–Crippen MR) is 132 cm³/mol. The maximum atomic E-state index is 6.03. The Bertz CT molecular complexity index is 1030. The number of aryl methyl sites for hydroxylation is 1. The zero-order valence-electron chi connectivity index (χ0n) is 18.6. The maximum absolute atomic E-state index is 6.03. The number of hydrogen-bond donors (Lipinski definition) is 1. The van der Waals surface area contributed by atoms with E-state index in [4.69, 9.17) is 15.2 Å². The van der Waals surface area contributed by atoms with E-state index in [2.05, 4.69) is 19.1 Å². The van der Waals surface area contributed by atoms with Crippen LogP contribution in [0, 0.1) is 6.92 Å². The van der Waals surface area contributed by atoms with Crippen molar-refractivity contribution in [2.24, 2.45) is 5.73 Å². The van der Waals surface area contributed by atoms with E-state index >= 15 is 0 Å². The normalized spacial score (nSPS) is 10.1. The fraction of sp³-hybridized carbons (Fsp3) is 0.172. The van der Waals surface area contributed by atoms with E-state index in [1.54, 1.807) is 0 Å². The van der Waals surface area contributed by atoms with Gasteiger partial charge in [-0.05, 0) is 48.7 Å². The highest BCUT2D eigenvalue weighted by atomic mass is 16.5. The molecule has 0 spiro atoms. The molecule has 4 aromatic carbocycles. The smallest absolute Gasteiger partial charge is 0.161 e. The quantitative estimate of drug-likeness (QED) is 0.358. The zero-order valence-corrected chi connectivity index (χ0v) is 18.6. The monoisotopic (exact) mass is 425 g/mol. The molecule has 0 amide bonds. The minimum Gasteiger partial charge on any atom is -0.485 e. The minimum absolute atomic E-state index is 0.509. The van der Waals surface area contributed by atoms with Crippen molar-refractivity contribution in [3.05, 3.63) is 131 Å². The molecule has 2 N–H and O–H groups in total. The molecule has 0 atom stereocenters. The first-order valence-corrected chi connectivity index (χ1v) is 10.9. The van der Waals surface area contributed by atoms with Crippen LogP contribution in [0.15, 0.2) is 109 Å². The number of ether oxygens (including phenoxy) is 2. The van der Waals surface area contributed by atoms with Gasteiger partial charge in [0.25, 0.3) is 0 Å². The summed E-state index contributed by atoms with van der Waals surface area (Å²) in [5.41, 5.74) is 10.4. The van der Waals surface area contributed by atoms with Crippen LogP contribution in [-0.4, -0.2) is 6.54 Å². The Balaban J connectivity index is 0.000000352. The van der Waals surface area contributed by atoms with Gasteiger partial charge < -0.3 is 15.2 Å². The Hall–Kier alpha value is -3.56. The van der Waals surface area contributed by atoms with Crippen molar-refractivity contribution in [2.45, 2.75) is 26.6 Å². The van der Waals surface area contributed by atoms with E-state index in [1.165, 1.54) is 5.56 Å². The first-order valence-electron chi connectivity index (χ1n) is 10.9. The summed E-state index contributed by atoms with van der Waals surface area (Å²) in [7, 11) is 0. The molecule has 0 saturated carbocycles. The van der Waals surface area contributed by atoms with Gasteiger partial charge in [-0.2, -0.15) is 0 Å². The summed E-state index contributed by atoms with van der Waals surface area (Å²) >= 11 is 0. The molecule has 3 nitrogen and oxygen atoms in total. The Labute approximate surface area is 191 Å². The summed E-state index contributed by atoms with van der Waals surface area (Å²) in [4.78, 5) is 0. The SMILES string of the molecule is Cc1ccccc1.NCCc1ccc(OCc2ccccc2)c(OCc2ccccc2)c1. The number of nitrogens with two attached hydrogens (primary N) is 1. The van der Waals surface area contributed by atoms with Crippen molar-refractivity contribution in [1.29, 1.82) is 0 Å². The summed E-state index contributed by atoms with van der Waals surface area (Å²) in [5.74, 6) is 1.51. The standard InChI is InChI=1S/C22H23NO2.C7H8/c23-14-13-18-11-12-21(24-16-19-7-3-1-4-8-19)22(15-18)25-17-20-9-5-2-6-10-20;1-7-5-3-2-4-6-7/h1-12,15H,13-14,16-17,23H2;2-6H,1H3. The predicted octanol–water partition coefficient (Wildman–Crippen LogP) is 6.34. The van der Waals surface area contributed by atoms with Gasteiger partial charge in [-0.25, -0.2) is 0 Å². The van der Waals surface area contributed by atoms with Crippen LogP contribution in [0.2, 0.25) is 0 Å². The second-order valence-corrected chi connectivity index (χ2v) is 7.52. The second kappa shape index (κ2) is 13.0. The lowest BCUT2D eigenvalue weighted by molar-refractivity contribution is 0.255.